The fourth-order valence-electron chi connectivity index (χ4n) is 4.57. The van der Waals surface area contributed by atoms with Gasteiger partial charge in [0, 0.05) is 31.0 Å². The second-order valence-corrected chi connectivity index (χ2v) is 7.32. The third kappa shape index (κ3) is 2.01. The van der Waals surface area contributed by atoms with Crippen molar-refractivity contribution < 1.29 is 9.53 Å². The van der Waals surface area contributed by atoms with Gasteiger partial charge in [-0.15, -0.1) is 0 Å². The minimum Gasteiger partial charge on any atom is -0.381 e. The lowest BCUT2D eigenvalue weighted by atomic mass is 9.76. The number of rotatable bonds is 2. The zero-order valence-corrected chi connectivity index (χ0v) is 11.8. The molecule has 0 N–H and O–H groups in total. The van der Waals surface area contributed by atoms with Gasteiger partial charge in [-0.2, -0.15) is 0 Å². The van der Waals surface area contributed by atoms with Crippen LogP contribution in [0.2, 0.25) is 0 Å². The quantitative estimate of drug-likeness (QED) is 0.766. The van der Waals surface area contributed by atoms with E-state index < -0.39 is 0 Å². The van der Waals surface area contributed by atoms with Crippen LogP contribution in [0.15, 0.2) is 0 Å². The number of amides is 1. The predicted molar refractivity (Wildman–Crippen MR) is 72.6 cm³/mol. The third-order valence-corrected chi connectivity index (χ3v) is 6.16. The van der Waals surface area contributed by atoms with E-state index in [2.05, 4.69) is 4.90 Å². The second-order valence-electron chi connectivity index (χ2n) is 7.32. The van der Waals surface area contributed by atoms with Crippen LogP contribution in [0.1, 0.15) is 44.9 Å². The number of likely N-dealkylation sites (tertiary alicyclic amines) is 1. The van der Waals surface area contributed by atoms with Crippen molar-refractivity contribution in [1.82, 2.24) is 4.90 Å². The molecule has 2 atom stereocenters. The van der Waals surface area contributed by atoms with Crippen LogP contribution < -0.4 is 0 Å². The van der Waals surface area contributed by atoms with Crippen LogP contribution in [-0.2, 0) is 9.53 Å². The summed E-state index contributed by atoms with van der Waals surface area (Å²) in [6.07, 6.45) is 9.29. The van der Waals surface area contributed by atoms with E-state index in [0.29, 0.717) is 11.8 Å². The van der Waals surface area contributed by atoms with Gasteiger partial charge in [0.15, 0.2) is 0 Å². The first kappa shape index (κ1) is 12.2. The van der Waals surface area contributed by atoms with E-state index in [-0.39, 0.29) is 5.41 Å². The van der Waals surface area contributed by atoms with Crippen LogP contribution in [0.3, 0.4) is 0 Å². The van der Waals surface area contributed by atoms with Crippen molar-refractivity contribution in [3.05, 3.63) is 0 Å². The molecule has 2 unspecified atom stereocenters. The first-order valence-electron chi connectivity index (χ1n) is 8.15. The minimum atomic E-state index is 0.271. The van der Waals surface area contributed by atoms with Gasteiger partial charge in [0.1, 0.15) is 0 Å². The highest BCUT2D eigenvalue weighted by atomic mass is 16.5. The molecule has 2 heterocycles. The van der Waals surface area contributed by atoms with E-state index in [0.717, 1.165) is 51.0 Å². The molecule has 19 heavy (non-hydrogen) atoms. The molecule has 2 aliphatic carbocycles. The van der Waals surface area contributed by atoms with E-state index in [1.54, 1.807) is 0 Å². The smallest absolute Gasteiger partial charge is 0.226 e. The predicted octanol–water partition coefficient (Wildman–Crippen LogP) is 2.45. The second kappa shape index (κ2) is 4.47. The van der Waals surface area contributed by atoms with Gasteiger partial charge in [-0.25, -0.2) is 0 Å². The number of hydrogen-bond acceptors (Lipinski definition) is 2. The van der Waals surface area contributed by atoms with Gasteiger partial charge < -0.3 is 9.64 Å². The average molecular weight is 263 g/mol. The zero-order chi connectivity index (χ0) is 12.9. The van der Waals surface area contributed by atoms with Crippen LogP contribution in [0.5, 0.6) is 0 Å². The summed E-state index contributed by atoms with van der Waals surface area (Å²) in [7, 11) is 0. The Morgan fingerprint density at radius 3 is 2.58 bits per heavy atom. The van der Waals surface area contributed by atoms with Crippen LogP contribution in [0.25, 0.3) is 0 Å². The van der Waals surface area contributed by atoms with E-state index in [9.17, 15) is 4.79 Å². The number of carbonyl (C=O) groups is 1. The average Bonchev–Trinajstić information content (AvgIpc) is 2.87. The molecule has 0 radical (unpaired) electrons. The topological polar surface area (TPSA) is 29.5 Å². The monoisotopic (exact) mass is 263 g/mol. The number of ether oxygens (including phenoxy) is 1. The van der Waals surface area contributed by atoms with Crippen molar-refractivity contribution in [2.24, 2.45) is 23.2 Å². The van der Waals surface area contributed by atoms with E-state index in [1.165, 1.54) is 32.1 Å². The lowest BCUT2D eigenvalue weighted by Gasteiger charge is -2.45. The molecule has 0 aromatic rings. The molecule has 4 rings (SSSR count). The van der Waals surface area contributed by atoms with Crippen molar-refractivity contribution in [2.45, 2.75) is 44.9 Å². The minimum absolute atomic E-state index is 0.271. The Hall–Kier alpha value is -0.570. The van der Waals surface area contributed by atoms with E-state index in [1.807, 2.05) is 0 Å². The Morgan fingerprint density at radius 2 is 1.89 bits per heavy atom. The highest BCUT2D eigenvalue weighted by Crippen LogP contribution is 2.59. The lowest BCUT2D eigenvalue weighted by Crippen LogP contribution is -2.53. The standard InChI is InChI=1S/C16H25NO2/c18-15(14-8-16(14)6-7-19-11-16)17-9-13(10-17)12-4-2-1-3-5-12/h12-14H,1-11H2. The summed E-state index contributed by atoms with van der Waals surface area (Å²) >= 11 is 0. The van der Waals surface area contributed by atoms with Crippen molar-refractivity contribution in [2.75, 3.05) is 26.3 Å². The van der Waals surface area contributed by atoms with Gasteiger partial charge in [0.2, 0.25) is 5.91 Å². The highest BCUT2D eigenvalue weighted by Gasteiger charge is 2.61. The van der Waals surface area contributed by atoms with Crippen LogP contribution in [0.4, 0.5) is 0 Å². The third-order valence-electron chi connectivity index (χ3n) is 6.16. The fraction of sp³-hybridized carbons (Fsp3) is 0.938. The van der Waals surface area contributed by atoms with E-state index >= 15 is 0 Å². The molecule has 2 saturated heterocycles. The summed E-state index contributed by atoms with van der Waals surface area (Å²) in [5.41, 5.74) is 0.271. The normalized spacial score (nSPS) is 39.6. The summed E-state index contributed by atoms with van der Waals surface area (Å²) in [5.74, 6) is 2.49. The number of carbonyl (C=O) groups excluding carboxylic acids is 1. The van der Waals surface area contributed by atoms with Crippen LogP contribution in [0, 0.1) is 23.2 Å². The summed E-state index contributed by atoms with van der Waals surface area (Å²) in [6, 6.07) is 0. The number of nitrogens with zero attached hydrogens (tertiary/aromatic N) is 1. The molecule has 3 nitrogen and oxygen atoms in total. The van der Waals surface area contributed by atoms with Crippen molar-refractivity contribution >= 4 is 5.91 Å². The molecular weight excluding hydrogens is 238 g/mol. The molecule has 1 amide bonds. The van der Waals surface area contributed by atoms with Crippen molar-refractivity contribution in [1.29, 1.82) is 0 Å². The Balaban J connectivity index is 1.28. The van der Waals surface area contributed by atoms with Crippen LogP contribution >= 0.6 is 0 Å². The molecular formula is C16H25NO2. The Labute approximate surface area is 115 Å². The molecule has 2 aliphatic heterocycles. The maximum atomic E-state index is 12.4. The molecule has 0 aromatic carbocycles. The summed E-state index contributed by atoms with van der Waals surface area (Å²) in [4.78, 5) is 14.6. The van der Waals surface area contributed by atoms with E-state index in [4.69, 9.17) is 4.74 Å². The molecule has 4 aliphatic rings. The van der Waals surface area contributed by atoms with Crippen molar-refractivity contribution in [3.63, 3.8) is 0 Å². The van der Waals surface area contributed by atoms with Gasteiger partial charge in [-0.3, -0.25) is 4.79 Å². The molecule has 3 heteroatoms. The maximum absolute atomic E-state index is 12.4. The van der Waals surface area contributed by atoms with Gasteiger partial charge in [-0.05, 0) is 24.7 Å². The first-order chi connectivity index (χ1) is 9.28. The number of hydrogen-bond donors (Lipinski definition) is 0. The molecule has 0 aromatic heterocycles. The van der Waals surface area contributed by atoms with Gasteiger partial charge in [-0.1, -0.05) is 32.1 Å². The van der Waals surface area contributed by atoms with Gasteiger partial charge >= 0.3 is 0 Å². The van der Waals surface area contributed by atoms with Crippen LogP contribution in [-0.4, -0.2) is 37.1 Å². The SMILES string of the molecule is O=C(C1CC12CCOC2)N1CC(C2CCCCC2)C1. The maximum Gasteiger partial charge on any atom is 0.226 e. The summed E-state index contributed by atoms with van der Waals surface area (Å²) < 4.78 is 5.48. The lowest BCUT2D eigenvalue weighted by molar-refractivity contribution is -0.141. The summed E-state index contributed by atoms with van der Waals surface area (Å²) in [5, 5.41) is 0. The largest absolute Gasteiger partial charge is 0.381 e. The molecule has 1 spiro atoms. The Kier molecular flexibility index (Phi) is 2.87. The zero-order valence-electron chi connectivity index (χ0n) is 11.8. The van der Waals surface area contributed by atoms with Gasteiger partial charge in [0.25, 0.3) is 0 Å². The summed E-state index contributed by atoms with van der Waals surface area (Å²) in [6.45, 7) is 3.81. The Morgan fingerprint density at radius 1 is 1.11 bits per heavy atom. The fourth-order valence-corrected chi connectivity index (χ4v) is 4.57. The molecule has 106 valence electrons. The molecule has 4 fully saturated rings. The van der Waals surface area contributed by atoms with Gasteiger partial charge in [0.05, 0.1) is 6.61 Å². The highest BCUT2D eigenvalue weighted by molar-refractivity contribution is 5.83. The molecule has 0 bridgehead atoms. The first-order valence-corrected chi connectivity index (χ1v) is 8.15. The van der Waals surface area contributed by atoms with Crippen molar-refractivity contribution in [3.8, 4) is 0 Å². The molecule has 2 saturated carbocycles. The Bertz CT molecular complexity index is 363.